The number of anilines is 2. The van der Waals surface area contributed by atoms with E-state index < -0.39 is 5.91 Å². The summed E-state index contributed by atoms with van der Waals surface area (Å²) in [6, 6.07) is 2.04. The topological polar surface area (TPSA) is 85.2 Å². The Kier molecular flexibility index (Phi) is 4.31. The molecule has 0 saturated carbocycles. The van der Waals surface area contributed by atoms with Gasteiger partial charge in [0.1, 0.15) is 5.82 Å². The van der Waals surface area contributed by atoms with Crippen molar-refractivity contribution in [3.05, 3.63) is 17.8 Å². The maximum atomic E-state index is 11.2. The SMILES string of the molecule is CCC(CC)N(C)c1cc(C(N)=O)c(N)cn1. The highest BCUT2D eigenvalue weighted by Crippen LogP contribution is 2.20. The van der Waals surface area contributed by atoms with Crippen LogP contribution in [0.4, 0.5) is 11.5 Å². The minimum atomic E-state index is -0.524. The van der Waals surface area contributed by atoms with Gasteiger partial charge in [-0.1, -0.05) is 13.8 Å². The molecule has 0 radical (unpaired) electrons. The van der Waals surface area contributed by atoms with Gasteiger partial charge in [-0.15, -0.1) is 0 Å². The third-order valence-corrected chi connectivity index (χ3v) is 3.04. The second kappa shape index (κ2) is 5.52. The summed E-state index contributed by atoms with van der Waals surface area (Å²) >= 11 is 0. The first-order valence-corrected chi connectivity index (χ1v) is 5.79. The first-order chi connectivity index (χ1) is 8.01. The molecule has 1 rings (SSSR count). The van der Waals surface area contributed by atoms with Gasteiger partial charge in [0, 0.05) is 13.1 Å². The maximum absolute atomic E-state index is 11.2. The van der Waals surface area contributed by atoms with Crippen LogP contribution in [0, 0.1) is 0 Å². The molecule has 0 fully saturated rings. The van der Waals surface area contributed by atoms with Crippen LogP contribution in [0.1, 0.15) is 37.0 Å². The van der Waals surface area contributed by atoms with E-state index in [9.17, 15) is 4.79 Å². The summed E-state index contributed by atoms with van der Waals surface area (Å²) in [7, 11) is 1.96. The zero-order chi connectivity index (χ0) is 13.0. The van der Waals surface area contributed by atoms with Crippen molar-refractivity contribution in [2.24, 2.45) is 5.73 Å². The van der Waals surface area contributed by atoms with E-state index in [1.807, 2.05) is 11.9 Å². The van der Waals surface area contributed by atoms with Crippen LogP contribution in [-0.4, -0.2) is 24.0 Å². The Balaban J connectivity index is 3.06. The number of rotatable bonds is 5. The van der Waals surface area contributed by atoms with E-state index in [0.29, 0.717) is 17.3 Å². The van der Waals surface area contributed by atoms with E-state index in [-0.39, 0.29) is 0 Å². The number of hydrogen-bond donors (Lipinski definition) is 2. The van der Waals surface area contributed by atoms with Gasteiger partial charge >= 0.3 is 0 Å². The monoisotopic (exact) mass is 236 g/mol. The molecule has 5 heteroatoms. The lowest BCUT2D eigenvalue weighted by Crippen LogP contribution is -2.31. The van der Waals surface area contributed by atoms with E-state index in [1.54, 1.807) is 6.07 Å². The number of nitrogens with two attached hydrogens (primary N) is 2. The number of carbonyl (C=O) groups is 1. The lowest BCUT2D eigenvalue weighted by Gasteiger charge is -2.27. The van der Waals surface area contributed by atoms with Crippen molar-refractivity contribution >= 4 is 17.4 Å². The predicted molar refractivity (Wildman–Crippen MR) is 69.9 cm³/mol. The predicted octanol–water partition coefficient (Wildman–Crippen LogP) is 1.39. The Hall–Kier alpha value is -1.78. The van der Waals surface area contributed by atoms with Crippen LogP contribution in [0.15, 0.2) is 12.3 Å². The van der Waals surface area contributed by atoms with Gasteiger partial charge in [-0.25, -0.2) is 4.98 Å². The number of primary amides is 1. The summed E-state index contributed by atoms with van der Waals surface area (Å²) in [6.45, 7) is 4.24. The molecule has 0 aliphatic rings. The van der Waals surface area contributed by atoms with Crippen molar-refractivity contribution in [2.45, 2.75) is 32.7 Å². The molecule has 0 unspecified atom stereocenters. The Morgan fingerprint density at radius 3 is 2.53 bits per heavy atom. The van der Waals surface area contributed by atoms with Crippen LogP contribution in [0.3, 0.4) is 0 Å². The highest BCUT2D eigenvalue weighted by atomic mass is 16.1. The van der Waals surface area contributed by atoms with Crippen LogP contribution < -0.4 is 16.4 Å². The maximum Gasteiger partial charge on any atom is 0.250 e. The Morgan fingerprint density at radius 1 is 1.47 bits per heavy atom. The van der Waals surface area contributed by atoms with E-state index >= 15 is 0 Å². The molecule has 1 heterocycles. The molecule has 1 aromatic heterocycles. The Bertz CT molecular complexity index is 401. The summed E-state index contributed by atoms with van der Waals surface area (Å²) in [4.78, 5) is 17.5. The van der Waals surface area contributed by atoms with E-state index in [1.165, 1.54) is 6.20 Å². The van der Waals surface area contributed by atoms with Crippen LogP contribution in [0.5, 0.6) is 0 Å². The van der Waals surface area contributed by atoms with Crippen LogP contribution >= 0.6 is 0 Å². The van der Waals surface area contributed by atoms with Crippen molar-refractivity contribution in [3.8, 4) is 0 Å². The fourth-order valence-corrected chi connectivity index (χ4v) is 1.88. The normalized spacial score (nSPS) is 10.6. The van der Waals surface area contributed by atoms with Gasteiger partial charge in [0.15, 0.2) is 0 Å². The summed E-state index contributed by atoms with van der Waals surface area (Å²) in [5, 5.41) is 0. The fourth-order valence-electron chi connectivity index (χ4n) is 1.88. The molecule has 0 spiro atoms. The second-order valence-electron chi connectivity index (χ2n) is 4.08. The van der Waals surface area contributed by atoms with Gasteiger partial charge in [-0.3, -0.25) is 4.79 Å². The Morgan fingerprint density at radius 2 is 2.06 bits per heavy atom. The molecule has 0 atom stereocenters. The standard InChI is InChI=1S/C12H20N4O/c1-4-8(5-2)16(3)11-6-9(12(14)17)10(13)7-15-11/h6-8H,4-5,13H2,1-3H3,(H2,14,17). The van der Waals surface area contributed by atoms with Crippen molar-refractivity contribution in [1.29, 1.82) is 0 Å². The fraction of sp³-hybridized carbons (Fsp3) is 0.500. The number of pyridine rings is 1. The van der Waals surface area contributed by atoms with Gasteiger partial charge in [0.05, 0.1) is 17.4 Å². The van der Waals surface area contributed by atoms with Crippen LogP contribution in [0.2, 0.25) is 0 Å². The third kappa shape index (κ3) is 2.87. The lowest BCUT2D eigenvalue weighted by molar-refractivity contribution is 0.100. The first-order valence-electron chi connectivity index (χ1n) is 5.79. The molecule has 0 saturated heterocycles. The molecule has 1 aromatic rings. The van der Waals surface area contributed by atoms with Gasteiger partial charge < -0.3 is 16.4 Å². The number of nitrogen functional groups attached to an aromatic ring is 1. The molecular weight excluding hydrogens is 216 g/mol. The van der Waals surface area contributed by atoms with Crippen molar-refractivity contribution in [2.75, 3.05) is 17.7 Å². The Labute approximate surface area is 102 Å². The summed E-state index contributed by atoms with van der Waals surface area (Å²) in [6.07, 6.45) is 3.52. The molecule has 4 N–H and O–H groups in total. The molecule has 0 aliphatic carbocycles. The number of nitrogens with zero attached hydrogens (tertiary/aromatic N) is 2. The highest BCUT2D eigenvalue weighted by molar-refractivity contribution is 5.98. The number of carbonyl (C=O) groups excluding carboxylic acids is 1. The molecule has 0 aliphatic heterocycles. The second-order valence-corrected chi connectivity index (χ2v) is 4.08. The van der Waals surface area contributed by atoms with E-state index in [0.717, 1.165) is 18.7 Å². The van der Waals surface area contributed by atoms with Gasteiger partial charge in [-0.05, 0) is 18.9 Å². The van der Waals surface area contributed by atoms with Crippen LogP contribution in [0.25, 0.3) is 0 Å². The summed E-state index contributed by atoms with van der Waals surface area (Å²) in [5.41, 5.74) is 11.6. The van der Waals surface area contributed by atoms with Gasteiger partial charge in [-0.2, -0.15) is 0 Å². The average molecular weight is 236 g/mol. The van der Waals surface area contributed by atoms with E-state index in [4.69, 9.17) is 11.5 Å². The zero-order valence-corrected chi connectivity index (χ0v) is 10.6. The third-order valence-electron chi connectivity index (χ3n) is 3.04. The molecule has 94 valence electrons. The average Bonchev–Trinajstić information content (AvgIpc) is 2.30. The number of hydrogen-bond acceptors (Lipinski definition) is 4. The first kappa shape index (κ1) is 13.3. The zero-order valence-electron chi connectivity index (χ0n) is 10.6. The number of aromatic nitrogens is 1. The van der Waals surface area contributed by atoms with Crippen molar-refractivity contribution in [3.63, 3.8) is 0 Å². The quantitative estimate of drug-likeness (QED) is 0.809. The summed E-state index contributed by atoms with van der Waals surface area (Å²) in [5.74, 6) is 0.200. The molecule has 0 aromatic carbocycles. The molecular formula is C12H20N4O. The smallest absolute Gasteiger partial charge is 0.250 e. The minimum absolute atomic E-state index is 0.319. The molecule has 1 amide bonds. The lowest BCUT2D eigenvalue weighted by atomic mass is 10.1. The van der Waals surface area contributed by atoms with Gasteiger partial charge in [0.25, 0.3) is 5.91 Å². The largest absolute Gasteiger partial charge is 0.397 e. The molecule has 0 bridgehead atoms. The molecule has 5 nitrogen and oxygen atoms in total. The van der Waals surface area contributed by atoms with Crippen molar-refractivity contribution in [1.82, 2.24) is 4.98 Å². The highest BCUT2D eigenvalue weighted by Gasteiger charge is 2.15. The van der Waals surface area contributed by atoms with E-state index in [2.05, 4.69) is 18.8 Å². The van der Waals surface area contributed by atoms with Gasteiger partial charge in [0.2, 0.25) is 0 Å². The number of amides is 1. The van der Waals surface area contributed by atoms with Crippen LogP contribution in [-0.2, 0) is 0 Å². The minimum Gasteiger partial charge on any atom is -0.397 e. The molecule has 17 heavy (non-hydrogen) atoms. The van der Waals surface area contributed by atoms with Crippen molar-refractivity contribution < 1.29 is 4.79 Å². The summed E-state index contributed by atoms with van der Waals surface area (Å²) < 4.78 is 0.